The van der Waals surface area contributed by atoms with Crippen molar-refractivity contribution in [1.29, 1.82) is 0 Å². The van der Waals surface area contributed by atoms with Crippen molar-refractivity contribution < 1.29 is 13.2 Å². The van der Waals surface area contributed by atoms with Crippen LogP contribution in [-0.4, -0.2) is 16.1 Å². The van der Waals surface area contributed by atoms with Crippen molar-refractivity contribution in [1.82, 2.24) is 14.9 Å². The predicted octanol–water partition coefficient (Wildman–Crippen LogP) is 3.74. The molecule has 3 rings (SSSR count). The molecule has 1 aromatic carbocycles. The number of rotatable bonds is 4. The van der Waals surface area contributed by atoms with E-state index in [9.17, 15) is 13.2 Å². The first-order valence-electron chi connectivity index (χ1n) is 7.62. The first-order chi connectivity index (χ1) is 11.0. The van der Waals surface area contributed by atoms with Gasteiger partial charge in [-0.1, -0.05) is 6.92 Å². The van der Waals surface area contributed by atoms with Crippen molar-refractivity contribution in [3.8, 4) is 0 Å². The smallest absolute Gasteiger partial charge is 0.194 e. The second-order valence-corrected chi connectivity index (χ2v) is 6.65. The lowest BCUT2D eigenvalue weighted by molar-refractivity contribution is 0.397. The maximum Gasteiger partial charge on any atom is 0.194 e. The fourth-order valence-electron chi connectivity index (χ4n) is 3.08. The number of aryl methyl sites for hydroxylation is 2. The number of nitrogens with zero attached hydrogens (tertiary/aromatic N) is 2. The summed E-state index contributed by atoms with van der Waals surface area (Å²) in [6, 6.07) is 2.22. The minimum absolute atomic E-state index is 0.0830. The second kappa shape index (κ2) is 6.80. The maximum atomic E-state index is 13.3. The zero-order chi connectivity index (χ0) is 16.6. The summed E-state index contributed by atoms with van der Waals surface area (Å²) in [7, 11) is 0. The third-order valence-electron chi connectivity index (χ3n) is 4.18. The van der Waals surface area contributed by atoms with Gasteiger partial charge in [-0.2, -0.15) is 0 Å². The quantitative estimate of drug-likeness (QED) is 0.586. The van der Waals surface area contributed by atoms with Gasteiger partial charge in [-0.25, -0.2) is 18.2 Å². The Labute approximate surface area is 146 Å². The van der Waals surface area contributed by atoms with Crippen molar-refractivity contribution in [2.24, 2.45) is 0 Å². The van der Waals surface area contributed by atoms with Gasteiger partial charge in [0.05, 0.1) is 11.7 Å². The summed E-state index contributed by atoms with van der Waals surface area (Å²) in [5, 5.41) is 3.44. The molecule has 0 bridgehead atoms. The Hall–Kier alpha value is -1.09. The van der Waals surface area contributed by atoms with E-state index in [4.69, 9.17) is 0 Å². The summed E-state index contributed by atoms with van der Waals surface area (Å²) in [6.45, 7) is 3.79. The normalized spacial score (nSPS) is 17.3. The number of hydrogen-bond acceptors (Lipinski definition) is 2. The lowest BCUT2D eigenvalue weighted by Crippen LogP contribution is -2.34. The molecule has 1 aliphatic heterocycles. The van der Waals surface area contributed by atoms with Gasteiger partial charge in [-0.05, 0) is 53.1 Å². The molecule has 0 amide bonds. The van der Waals surface area contributed by atoms with E-state index in [1.54, 1.807) is 0 Å². The van der Waals surface area contributed by atoms with Crippen LogP contribution in [0.2, 0.25) is 0 Å². The average molecular weight is 435 g/mol. The minimum atomic E-state index is -1.41. The van der Waals surface area contributed by atoms with Crippen molar-refractivity contribution in [2.75, 3.05) is 6.54 Å². The number of imidazole rings is 1. The van der Waals surface area contributed by atoms with Crippen LogP contribution >= 0.6 is 22.6 Å². The van der Waals surface area contributed by atoms with Gasteiger partial charge in [0.1, 0.15) is 9.53 Å². The molecule has 0 radical (unpaired) electrons. The van der Waals surface area contributed by atoms with Crippen LogP contribution in [0.3, 0.4) is 0 Å². The molecular formula is C16H17F3IN3. The Morgan fingerprint density at radius 1 is 1.30 bits per heavy atom. The Balaban J connectivity index is 1.79. The molecule has 1 N–H and O–H groups in total. The molecule has 1 aliphatic rings. The molecule has 3 nitrogen and oxygen atoms in total. The lowest BCUT2D eigenvalue weighted by atomic mass is 10.0. The minimum Gasteiger partial charge on any atom is -0.328 e. The molecule has 2 aromatic rings. The molecule has 1 atom stereocenters. The van der Waals surface area contributed by atoms with E-state index in [2.05, 4.69) is 44.4 Å². The van der Waals surface area contributed by atoms with Gasteiger partial charge in [-0.3, -0.25) is 0 Å². The molecule has 1 aromatic heterocycles. The highest BCUT2D eigenvalue weighted by Gasteiger charge is 2.26. The van der Waals surface area contributed by atoms with Crippen molar-refractivity contribution in [2.45, 2.75) is 38.8 Å². The number of hydrogen-bond donors (Lipinski definition) is 1. The molecule has 0 fully saturated rings. The van der Waals surface area contributed by atoms with Crippen LogP contribution in [0, 0.1) is 21.2 Å². The van der Waals surface area contributed by atoms with Gasteiger partial charge >= 0.3 is 0 Å². The first kappa shape index (κ1) is 16.8. The fraction of sp³-hybridized carbons (Fsp3) is 0.438. The largest absolute Gasteiger partial charge is 0.328 e. The van der Waals surface area contributed by atoms with E-state index in [1.807, 2.05) is 0 Å². The van der Waals surface area contributed by atoms with Gasteiger partial charge in [0.25, 0.3) is 0 Å². The Morgan fingerprint density at radius 2 is 2.00 bits per heavy atom. The van der Waals surface area contributed by atoms with Crippen molar-refractivity contribution >= 4 is 22.6 Å². The molecule has 0 saturated heterocycles. The number of halogens is 4. The highest BCUT2D eigenvalue weighted by atomic mass is 127. The molecule has 124 valence electrons. The Bertz CT molecular complexity index is 707. The van der Waals surface area contributed by atoms with Crippen molar-refractivity contribution in [3.63, 3.8) is 0 Å². The Morgan fingerprint density at radius 3 is 2.65 bits per heavy atom. The zero-order valence-electron chi connectivity index (χ0n) is 12.7. The summed E-state index contributed by atoms with van der Waals surface area (Å²) in [4.78, 5) is 4.60. The van der Waals surface area contributed by atoms with Crippen LogP contribution < -0.4 is 5.32 Å². The molecule has 0 spiro atoms. The van der Waals surface area contributed by atoms with Gasteiger partial charge in [0.15, 0.2) is 17.5 Å². The molecule has 1 unspecified atom stereocenters. The number of fused-ring (bicyclic) bond motifs is 1. The molecule has 0 saturated carbocycles. The number of aromatic nitrogens is 2. The SMILES string of the molecule is CCc1nc(I)c2n1CCNC2CCc1cc(F)c(F)c(F)c1. The predicted molar refractivity (Wildman–Crippen MR) is 89.7 cm³/mol. The number of benzene rings is 1. The van der Waals surface area contributed by atoms with E-state index in [0.717, 1.165) is 46.9 Å². The summed E-state index contributed by atoms with van der Waals surface area (Å²) in [5.74, 6) is -2.62. The van der Waals surface area contributed by atoms with E-state index >= 15 is 0 Å². The van der Waals surface area contributed by atoms with E-state index in [1.165, 1.54) is 0 Å². The third-order valence-corrected chi connectivity index (χ3v) is 4.97. The van der Waals surface area contributed by atoms with Crippen LogP contribution in [0.5, 0.6) is 0 Å². The van der Waals surface area contributed by atoms with E-state index in [0.29, 0.717) is 18.4 Å². The molecule has 2 heterocycles. The molecule has 23 heavy (non-hydrogen) atoms. The summed E-state index contributed by atoms with van der Waals surface area (Å²) < 4.78 is 42.8. The lowest BCUT2D eigenvalue weighted by Gasteiger charge is -2.27. The summed E-state index contributed by atoms with van der Waals surface area (Å²) >= 11 is 2.23. The summed E-state index contributed by atoms with van der Waals surface area (Å²) in [6.07, 6.45) is 2.01. The van der Waals surface area contributed by atoms with Crippen LogP contribution in [0.15, 0.2) is 12.1 Å². The third kappa shape index (κ3) is 3.26. The van der Waals surface area contributed by atoms with Gasteiger partial charge in [0, 0.05) is 19.5 Å². The molecule has 0 aliphatic carbocycles. The summed E-state index contributed by atoms with van der Waals surface area (Å²) in [5.41, 5.74) is 1.60. The van der Waals surface area contributed by atoms with E-state index in [-0.39, 0.29) is 6.04 Å². The van der Waals surface area contributed by atoms with Crippen molar-refractivity contribution in [3.05, 3.63) is 50.4 Å². The zero-order valence-corrected chi connectivity index (χ0v) is 14.8. The monoisotopic (exact) mass is 435 g/mol. The second-order valence-electron chi connectivity index (χ2n) is 5.63. The topological polar surface area (TPSA) is 29.9 Å². The average Bonchev–Trinajstić information content (AvgIpc) is 2.87. The van der Waals surface area contributed by atoms with Crippen LogP contribution in [0.1, 0.15) is 36.5 Å². The van der Waals surface area contributed by atoms with Crippen LogP contribution in [0.25, 0.3) is 0 Å². The fourth-order valence-corrected chi connectivity index (χ4v) is 4.03. The standard InChI is InChI=1S/C16H17F3IN3/c1-2-13-22-16(20)15-12(21-5-6-23(13)15)4-3-9-7-10(17)14(19)11(18)8-9/h7-8,12,21H,2-6H2,1H3. The Kier molecular flexibility index (Phi) is 4.96. The highest BCUT2D eigenvalue weighted by Crippen LogP contribution is 2.28. The molecule has 7 heteroatoms. The number of nitrogens with one attached hydrogen (secondary N) is 1. The highest BCUT2D eigenvalue weighted by molar-refractivity contribution is 14.1. The molecular weight excluding hydrogens is 418 g/mol. The van der Waals surface area contributed by atoms with Crippen LogP contribution in [0.4, 0.5) is 13.2 Å². The first-order valence-corrected chi connectivity index (χ1v) is 8.70. The van der Waals surface area contributed by atoms with Crippen LogP contribution in [-0.2, 0) is 19.4 Å². The van der Waals surface area contributed by atoms with Gasteiger partial charge in [0.2, 0.25) is 0 Å². The van der Waals surface area contributed by atoms with Gasteiger partial charge in [-0.15, -0.1) is 0 Å². The van der Waals surface area contributed by atoms with E-state index < -0.39 is 17.5 Å². The van der Waals surface area contributed by atoms with Gasteiger partial charge < -0.3 is 9.88 Å². The maximum absolute atomic E-state index is 13.3.